The van der Waals surface area contributed by atoms with Gasteiger partial charge in [-0.25, -0.2) is 9.97 Å². The molecule has 1 amide bonds. The molecule has 1 aliphatic heterocycles. The van der Waals surface area contributed by atoms with Gasteiger partial charge in [0.05, 0.1) is 6.54 Å². The second-order valence-corrected chi connectivity index (χ2v) is 7.33. The van der Waals surface area contributed by atoms with Gasteiger partial charge in [0, 0.05) is 25.7 Å². The molecule has 4 rings (SSSR count). The maximum absolute atomic E-state index is 12.5. The maximum Gasteiger partial charge on any atom is 0.242 e. The summed E-state index contributed by atoms with van der Waals surface area (Å²) in [6.07, 6.45) is 1.38. The molecule has 1 aromatic carbocycles. The quantitative estimate of drug-likeness (QED) is 0.643. The molecule has 7 heteroatoms. The molecule has 3 aromatic rings. The zero-order valence-electron chi connectivity index (χ0n) is 14.0. The molecule has 26 heavy (non-hydrogen) atoms. The van der Waals surface area contributed by atoms with Gasteiger partial charge < -0.3 is 0 Å². The fourth-order valence-corrected chi connectivity index (χ4v) is 3.87. The van der Waals surface area contributed by atoms with Crippen LogP contribution in [0.15, 0.2) is 53.5 Å². The van der Waals surface area contributed by atoms with Gasteiger partial charge in [0.1, 0.15) is 17.3 Å². The number of carbonyl (C=O) groups is 1. The number of hydrogen-bond acceptors (Lipinski definition) is 5. The Labute approximate surface area is 160 Å². The van der Waals surface area contributed by atoms with Gasteiger partial charge in [-0.1, -0.05) is 35.9 Å². The normalized spacial score (nSPS) is 15.4. The number of hydrogen-bond donors (Lipinski definition) is 0. The smallest absolute Gasteiger partial charge is 0.242 e. The average Bonchev–Trinajstić information content (AvgIpc) is 3.17. The number of halogens is 1. The number of piperazine rings is 1. The fourth-order valence-electron chi connectivity index (χ4n) is 3.06. The first kappa shape index (κ1) is 17.1. The van der Waals surface area contributed by atoms with E-state index in [2.05, 4.69) is 56.0 Å². The Hall–Kier alpha value is -2.28. The molecule has 0 unspecified atom stereocenters. The van der Waals surface area contributed by atoms with E-state index in [0.717, 1.165) is 13.1 Å². The molecule has 0 radical (unpaired) electrons. The number of benzene rings is 1. The second kappa shape index (κ2) is 7.53. The summed E-state index contributed by atoms with van der Waals surface area (Å²) in [6, 6.07) is 12.3. The summed E-state index contributed by atoms with van der Waals surface area (Å²) < 4.78 is 0. The van der Waals surface area contributed by atoms with Gasteiger partial charge in [0.15, 0.2) is 0 Å². The van der Waals surface area contributed by atoms with Crippen LogP contribution in [0.4, 0.5) is 5.82 Å². The van der Waals surface area contributed by atoms with Gasteiger partial charge in [-0.05, 0) is 33.5 Å². The fraction of sp³-hybridized carbons (Fsp3) is 0.211. The van der Waals surface area contributed by atoms with Crippen molar-refractivity contribution in [3.8, 4) is 11.1 Å². The van der Waals surface area contributed by atoms with Crippen LogP contribution in [-0.2, 0) is 11.3 Å². The van der Waals surface area contributed by atoms with E-state index in [-0.39, 0.29) is 5.91 Å². The third kappa shape index (κ3) is 3.77. The number of nitrogens with zero attached hydrogens (tertiary/aromatic N) is 4. The highest BCUT2D eigenvalue weighted by molar-refractivity contribution is 7.08. The molecule has 3 heterocycles. The van der Waals surface area contributed by atoms with Crippen molar-refractivity contribution >= 4 is 34.7 Å². The van der Waals surface area contributed by atoms with Crippen LogP contribution in [0, 0.1) is 0 Å². The van der Waals surface area contributed by atoms with Gasteiger partial charge in [0.25, 0.3) is 0 Å². The van der Waals surface area contributed by atoms with Crippen molar-refractivity contribution in [1.82, 2.24) is 14.9 Å². The summed E-state index contributed by atoms with van der Waals surface area (Å²) >= 11 is 7.60. The van der Waals surface area contributed by atoms with Gasteiger partial charge in [-0.2, -0.15) is 11.3 Å². The molecule has 0 spiro atoms. The van der Waals surface area contributed by atoms with Crippen LogP contribution in [0.3, 0.4) is 0 Å². The molecular weight excluding hydrogens is 368 g/mol. The number of carbonyl (C=O) groups excluding carboxylic acids is 1. The van der Waals surface area contributed by atoms with E-state index in [1.807, 2.05) is 0 Å². The summed E-state index contributed by atoms with van der Waals surface area (Å²) in [6.45, 7) is 2.51. The Bertz CT molecular complexity index is 898. The largest absolute Gasteiger partial charge is 0.294 e. The minimum Gasteiger partial charge on any atom is -0.294 e. The SMILES string of the molecule is O=C1CN(Cc2ccc(-c3ccsc3)cc2)CCN1c1cc(Cl)ncn1. The number of aromatic nitrogens is 2. The summed E-state index contributed by atoms with van der Waals surface area (Å²) in [4.78, 5) is 24.3. The highest BCUT2D eigenvalue weighted by Crippen LogP contribution is 2.23. The molecular formula is C19H17ClN4OS. The molecule has 1 saturated heterocycles. The second-order valence-electron chi connectivity index (χ2n) is 6.16. The van der Waals surface area contributed by atoms with Crippen molar-refractivity contribution in [1.29, 1.82) is 0 Å². The average molecular weight is 385 g/mol. The van der Waals surface area contributed by atoms with Crippen LogP contribution in [0.25, 0.3) is 11.1 Å². The first-order valence-electron chi connectivity index (χ1n) is 8.31. The standard InChI is InChI=1S/C19H17ClN4OS/c20-17-9-18(22-13-21-17)24-7-6-23(11-19(24)25)10-14-1-3-15(4-2-14)16-5-8-26-12-16/h1-5,8-9,12-13H,6-7,10-11H2. The van der Waals surface area contributed by atoms with E-state index in [1.165, 1.54) is 23.0 Å². The molecule has 0 bridgehead atoms. The Kier molecular flexibility index (Phi) is 4.97. The molecule has 5 nitrogen and oxygen atoms in total. The van der Waals surface area contributed by atoms with E-state index in [4.69, 9.17) is 11.6 Å². The van der Waals surface area contributed by atoms with E-state index in [0.29, 0.717) is 24.1 Å². The molecule has 132 valence electrons. The predicted octanol–water partition coefficient (Wildman–Crippen LogP) is 3.71. The highest BCUT2D eigenvalue weighted by atomic mass is 35.5. The summed E-state index contributed by atoms with van der Waals surface area (Å²) in [5.41, 5.74) is 3.67. The molecule has 0 aliphatic carbocycles. The molecule has 0 atom stereocenters. The molecule has 2 aromatic heterocycles. The minimum absolute atomic E-state index is 0.0286. The Balaban J connectivity index is 1.39. The van der Waals surface area contributed by atoms with E-state index in [1.54, 1.807) is 22.3 Å². The number of rotatable bonds is 4. The van der Waals surface area contributed by atoms with Crippen molar-refractivity contribution in [2.75, 3.05) is 24.5 Å². The monoisotopic (exact) mass is 384 g/mol. The third-order valence-corrected chi connectivity index (χ3v) is 5.30. The van der Waals surface area contributed by atoms with Crippen molar-refractivity contribution in [3.63, 3.8) is 0 Å². The number of thiophene rings is 1. The van der Waals surface area contributed by atoms with E-state index in [9.17, 15) is 4.79 Å². The van der Waals surface area contributed by atoms with Crippen LogP contribution in [0.5, 0.6) is 0 Å². The van der Waals surface area contributed by atoms with Crippen molar-refractivity contribution < 1.29 is 4.79 Å². The maximum atomic E-state index is 12.5. The summed E-state index contributed by atoms with van der Waals surface area (Å²) in [5.74, 6) is 0.593. The van der Waals surface area contributed by atoms with Crippen molar-refractivity contribution in [2.24, 2.45) is 0 Å². The molecule has 1 fully saturated rings. The van der Waals surface area contributed by atoms with Crippen molar-refractivity contribution in [2.45, 2.75) is 6.54 Å². The summed E-state index contributed by atoms with van der Waals surface area (Å²) in [5, 5.41) is 4.57. The van der Waals surface area contributed by atoms with Crippen LogP contribution in [0.1, 0.15) is 5.56 Å². The first-order valence-corrected chi connectivity index (χ1v) is 9.63. The van der Waals surface area contributed by atoms with Gasteiger partial charge >= 0.3 is 0 Å². The lowest BCUT2D eigenvalue weighted by atomic mass is 10.1. The van der Waals surface area contributed by atoms with Gasteiger partial charge in [-0.15, -0.1) is 0 Å². The van der Waals surface area contributed by atoms with Gasteiger partial charge in [0.2, 0.25) is 5.91 Å². The van der Waals surface area contributed by atoms with Crippen LogP contribution in [-0.4, -0.2) is 40.4 Å². The third-order valence-electron chi connectivity index (χ3n) is 4.41. The van der Waals surface area contributed by atoms with E-state index >= 15 is 0 Å². The Morgan fingerprint density at radius 2 is 1.92 bits per heavy atom. The van der Waals surface area contributed by atoms with Crippen LogP contribution < -0.4 is 4.90 Å². The Morgan fingerprint density at radius 1 is 1.08 bits per heavy atom. The molecule has 1 aliphatic rings. The van der Waals surface area contributed by atoms with E-state index < -0.39 is 0 Å². The lowest BCUT2D eigenvalue weighted by Gasteiger charge is -2.33. The van der Waals surface area contributed by atoms with Crippen LogP contribution in [0.2, 0.25) is 5.15 Å². The predicted molar refractivity (Wildman–Crippen MR) is 104 cm³/mol. The summed E-state index contributed by atoms with van der Waals surface area (Å²) in [7, 11) is 0. The number of amides is 1. The van der Waals surface area contributed by atoms with Crippen LogP contribution >= 0.6 is 22.9 Å². The first-order chi connectivity index (χ1) is 12.7. The number of anilines is 1. The molecule has 0 saturated carbocycles. The zero-order chi connectivity index (χ0) is 17.9. The van der Waals surface area contributed by atoms with Gasteiger partial charge in [-0.3, -0.25) is 14.6 Å². The minimum atomic E-state index is 0.0286. The lowest BCUT2D eigenvalue weighted by Crippen LogP contribution is -2.50. The zero-order valence-corrected chi connectivity index (χ0v) is 15.6. The lowest BCUT2D eigenvalue weighted by molar-refractivity contribution is -0.121. The molecule has 0 N–H and O–H groups in total. The topological polar surface area (TPSA) is 49.3 Å². The Morgan fingerprint density at radius 3 is 2.62 bits per heavy atom. The van der Waals surface area contributed by atoms with Crippen molar-refractivity contribution in [3.05, 3.63) is 64.2 Å². The highest BCUT2D eigenvalue weighted by Gasteiger charge is 2.26.